The Morgan fingerprint density at radius 2 is 1.95 bits per heavy atom. The summed E-state index contributed by atoms with van der Waals surface area (Å²) in [5.41, 5.74) is 16.4. The third-order valence-corrected chi connectivity index (χ3v) is 7.84. The zero-order valence-corrected chi connectivity index (χ0v) is 24.7. The lowest BCUT2D eigenvalue weighted by Gasteiger charge is -2.42. The Morgan fingerprint density at radius 3 is 2.59 bits per heavy atom. The monoisotopic (exact) mass is 573 g/mol. The normalized spacial score (nSPS) is 20.0. The van der Waals surface area contributed by atoms with Crippen molar-refractivity contribution in [3.63, 3.8) is 0 Å². The van der Waals surface area contributed by atoms with Gasteiger partial charge in [-0.15, -0.1) is 0 Å². The van der Waals surface area contributed by atoms with Crippen molar-refractivity contribution in [2.45, 2.75) is 77.1 Å². The summed E-state index contributed by atoms with van der Waals surface area (Å²) >= 11 is 0. The first kappa shape index (κ1) is 30.8. The minimum atomic E-state index is -2.70. The van der Waals surface area contributed by atoms with E-state index in [0.717, 1.165) is 55.6 Å². The van der Waals surface area contributed by atoms with Gasteiger partial charge in [0.25, 0.3) is 6.43 Å². The number of hydrogen-bond donors (Lipinski definition) is 4. The molecule has 3 aliphatic rings. The Balaban J connectivity index is 1.71. The highest BCUT2D eigenvalue weighted by atomic mass is 19.3. The summed E-state index contributed by atoms with van der Waals surface area (Å²) < 4.78 is 34.4. The summed E-state index contributed by atoms with van der Waals surface area (Å²) in [6.45, 7) is 8.86. The number of amides is 1. The second-order valence-electron chi connectivity index (χ2n) is 11.9. The molecule has 1 unspecified atom stereocenters. The van der Waals surface area contributed by atoms with Crippen LogP contribution in [0.2, 0.25) is 0 Å². The van der Waals surface area contributed by atoms with Crippen LogP contribution in [0.25, 0.3) is 5.57 Å². The van der Waals surface area contributed by atoms with Crippen LogP contribution in [0.4, 0.5) is 19.3 Å². The lowest BCUT2D eigenvalue weighted by atomic mass is 9.91. The molecule has 0 aromatic heterocycles. The molecule has 0 spiro atoms. The molecule has 3 aliphatic heterocycles. The Bertz CT molecular complexity index is 1190. The van der Waals surface area contributed by atoms with Crippen molar-refractivity contribution in [3.8, 4) is 0 Å². The molecule has 9 nitrogen and oxygen atoms in total. The van der Waals surface area contributed by atoms with Crippen molar-refractivity contribution >= 4 is 23.6 Å². The van der Waals surface area contributed by atoms with E-state index >= 15 is 0 Å². The van der Waals surface area contributed by atoms with E-state index in [1.54, 1.807) is 24.1 Å². The van der Waals surface area contributed by atoms with Crippen molar-refractivity contribution in [3.05, 3.63) is 46.3 Å². The van der Waals surface area contributed by atoms with Gasteiger partial charge in [0.05, 0.1) is 6.54 Å². The third-order valence-electron chi connectivity index (χ3n) is 7.84. The molecule has 1 saturated heterocycles. The van der Waals surface area contributed by atoms with Gasteiger partial charge in [0.1, 0.15) is 11.8 Å². The molecule has 0 saturated carbocycles. The van der Waals surface area contributed by atoms with Crippen molar-refractivity contribution in [1.82, 2.24) is 15.5 Å². The van der Waals surface area contributed by atoms with Crippen molar-refractivity contribution in [2.75, 3.05) is 44.7 Å². The number of anilines is 1. The molecule has 0 radical (unpaired) electrons. The zero-order valence-electron chi connectivity index (χ0n) is 24.7. The fourth-order valence-electron chi connectivity index (χ4n) is 5.85. The topological polar surface area (TPSA) is 121 Å². The summed E-state index contributed by atoms with van der Waals surface area (Å²) in [7, 11) is 1.58. The number of aryl methyl sites for hydroxylation is 1. The quantitative estimate of drug-likeness (QED) is 0.365. The number of piperidine rings is 1. The van der Waals surface area contributed by atoms with Gasteiger partial charge >= 0.3 is 6.09 Å². The number of rotatable bonds is 7. The highest BCUT2D eigenvalue weighted by Gasteiger charge is 2.34. The molecule has 1 amide bonds. The summed E-state index contributed by atoms with van der Waals surface area (Å²) in [6.07, 6.45) is 3.27. The Kier molecular flexibility index (Phi) is 9.91. The number of nitrogens with one attached hydrogen (secondary N) is 2. The SMILES string of the molecule is CN=C/C(=C\N)c1cc2c(cc1C(F)F)N(C(N)C1=C(NC3CCNCC3)CCN(C(=O)OC(C)(C)C)C1)CCC2. The number of allylic oxidation sites excluding steroid dienone is 1. The van der Waals surface area contributed by atoms with Crippen LogP contribution in [0.5, 0.6) is 0 Å². The molecule has 41 heavy (non-hydrogen) atoms. The first-order valence-electron chi connectivity index (χ1n) is 14.5. The number of halogens is 2. The van der Waals surface area contributed by atoms with Crippen LogP contribution in [-0.4, -0.2) is 74.8 Å². The summed E-state index contributed by atoms with van der Waals surface area (Å²) in [5, 5.41) is 7.12. The van der Waals surface area contributed by atoms with E-state index in [0.29, 0.717) is 48.9 Å². The highest BCUT2D eigenvalue weighted by molar-refractivity contribution is 6.10. The molecule has 1 atom stereocenters. The van der Waals surface area contributed by atoms with E-state index in [9.17, 15) is 13.6 Å². The van der Waals surface area contributed by atoms with E-state index in [-0.39, 0.29) is 11.7 Å². The lowest BCUT2D eigenvalue weighted by Crippen LogP contribution is -2.53. The average Bonchev–Trinajstić information content (AvgIpc) is 2.94. The minimum Gasteiger partial charge on any atom is -0.444 e. The van der Waals surface area contributed by atoms with E-state index in [2.05, 4.69) is 15.6 Å². The van der Waals surface area contributed by atoms with Crippen molar-refractivity contribution < 1.29 is 18.3 Å². The highest BCUT2D eigenvalue weighted by Crippen LogP contribution is 2.38. The lowest BCUT2D eigenvalue weighted by molar-refractivity contribution is 0.0254. The number of hydrogen-bond acceptors (Lipinski definition) is 8. The van der Waals surface area contributed by atoms with Crippen LogP contribution < -0.4 is 27.0 Å². The second kappa shape index (κ2) is 13.2. The minimum absolute atomic E-state index is 0.111. The van der Waals surface area contributed by atoms with Crippen molar-refractivity contribution in [1.29, 1.82) is 0 Å². The van der Waals surface area contributed by atoms with E-state index in [4.69, 9.17) is 16.2 Å². The number of carbonyl (C=O) groups is 1. The van der Waals surface area contributed by atoms with Gasteiger partial charge in [-0.05, 0) is 82.8 Å². The molecular formula is C30H45F2N7O2. The third kappa shape index (κ3) is 7.37. The first-order valence-corrected chi connectivity index (χ1v) is 14.5. The smallest absolute Gasteiger partial charge is 0.410 e. The predicted molar refractivity (Wildman–Crippen MR) is 160 cm³/mol. The van der Waals surface area contributed by atoms with Gasteiger partial charge < -0.3 is 36.6 Å². The Morgan fingerprint density at radius 1 is 1.22 bits per heavy atom. The van der Waals surface area contributed by atoms with E-state index in [1.165, 1.54) is 12.4 Å². The number of benzene rings is 1. The van der Waals surface area contributed by atoms with E-state index < -0.39 is 18.2 Å². The maximum absolute atomic E-state index is 14.4. The average molecular weight is 574 g/mol. The molecule has 226 valence electrons. The van der Waals surface area contributed by atoms with E-state index in [1.807, 2.05) is 25.7 Å². The number of ether oxygens (including phenoxy) is 1. The van der Waals surface area contributed by atoms with Crippen LogP contribution >= 0.6 is 0 Å². The number of carbonyl (C=O) groups excluding carboxylic acids is 1. The molecule has 4 rings (SSSR count). The Labute approximate surface area is 242 Å². The van der Waals surface area contributed by atoms with Crippen LogP contribution in [0.1, 0.15) is 69.6 Å². The standard InChI is InChI=1S/C30H45F2N7O2/c1-30(2,3)41-29(40)38-13-9-25(37-21-7-10-36-11-8-21)24(18-38)28(34)39-12-5-6-19-14-22(20(16-33)17-35-4)23(27(31)32)15-26(19)39/h14-17,21,27-28,36-37H,5-13,18,33-34H2,1-4H3/b20-16+,35-17?. The molecule has 0 bridgehead atoms. The molecule has 3 heterocycles. The first-order chi connectivity index (χ1) is 19.5. The van der Waals surface area contributed by atoms with Crippen LogP contribution in [0, 0.1) is 0 Å². The number of alkyl halides is 2. The molecule has 11 heteroatoms. The number of nitrogens with two attached hydrogens (primary N) is 2. The maximum Gasteiger partial charge on any atom is 0.410 e. The largest absolute Gasteiger partial charge is 0.444 e. The maximum atomic E-state index is 14.4. The Hall–Kier alpha value is -3.18. The zero-order chi connectivity index (χ0) is 29.7. The summed E-state index contributed by atoms with van der Waals surface area (Å²) in [4.78, 5) is 20.7. The van der Waals surface area contributed by atoms with Gasteiger partial charge in [-0.25, -0.2) is 13.6 Å². The summed E-state index contributed by atoms with van der Waals surface area (Å²) in [5.74, 6) is 0. The fourth-order valence-corrected chi connectivity index (χ4v) is 5.85. The van der Waals surface area contributed by atoms with Gasteiger partial charge in [-0.3, -0.25) is 4.99 Å². The van der Waals surface area contributed by atoms with Gasteiger partial charge in [0.2, 0.25) is 0 Å². The fraction of sp³-hybridized carbons (Fsp3) is 0.600. The summed E-state index contributed by atoms with van der Waals surface area (Å²) in [6, 6.07) is 3.66. The van der Waals surface area contributed by atoms with Crippen LogP contribution in [-0.2, 0) is 11.2 Å². The second-order valence-corrected chi connectivity index (χ2v) is 11.9. The van der Waals surface area contributed by atoms with Gasteiger partial charge in [0, 0.05) is 73.1 Å². The van der Waals surface area contributed by atoms with Gasteiger partial charge in [-0.1, -0.05) is 0 Å². The van der Waals surface area contributed by atoms with Gasteiger partial charge in [-0.2, -0.15) is 0 Å². The van der Waals surface area contributed by atoms with Crippen LogP contribution in [0.15, 0.2) is 34.6 Å². The molecule has 0 aliphatic carbocycles. The molecule has 1 aromatic carbocycles. The van der Waals surface area contributed by atoms with Crippen LogP contribution in [0.3, 0.4) is 0 Å². The predicted octanol–water partition coefficient (Wildman–Crippen LogP) is 3.90. The van der Waals surface area contributed by atoms with Gasteiger partial charge in [0.15, 0.2) is 0 Å². The number of nitrogens with zero attached hydrogens (tertiary/aromatic N) is 3. The molecular weight excluding hydrogens is 528 g/mol. The molecule has 1 aromatic rings. The molecule has 6 N–H and O–H groups in total. The number of fused-ring (bicyclic) bond motifs is 1. The number of aliphatic imine (C=N–C) groups is 1. The molecule has 1 fully saturated rings. The van der Waals surface area contributed by atoms with Crippen molar-refractivity contribution in [2.24, 2.45) is 16.5 Å².